The van der Waals surface area contributed by atoms with Crippen LogP contribution in [0.5, 0.6) is 11.5 Å². The summed E-state index contributed by atoms with van der Waals surface area (Å²) in [4.78, 5) is 33.4. The molecule has 0 spiro atoms. The number of ether oxygens (including phenoxy) is 2. The number of aliphatic carboxylic acids is 1. The molecule has 104 valence electrons. The Morgan fingerprint density at radius 2 is 1.85 bits per heavy atom. The minimum absolute atomic E-state index is 0.0446. The van der Waals surface area contributed by atoms with Crippen molar-refractivity contribution in [3.8, 4) is 11.5 Å². The summed E-state index contributed by atoms with van der Waals surface area (Å²) < 4.78 is 10.3. The van der Waals surface area contributed by atoms with Gasteiger partial charge in [-0.2, -0.15) is 0 Å². The number of carboxylic acids is 1. The third-order valence-corrected chi connectivity index (χ3v) is 2.53. The number of nitrogens with one attached hydrogen (secondary N) is 1. The predicted molar refractivity (Wildman–Crippen MR) is 68.0 cm³/mol. The lowest BCUT2D eigenvalue weighted by Gasteiger charge is -2.09. The smallest absolute Gasteiger partial charge is 0.328 e. The third kappa shape index (κ3) is 2.94. The van der Waals surface area contributed by atoms with Crippen molar-refractivity contribution in [3.05, 3.63) is 29.8 Å². The maximum absolute atomic E-state index is 11.6. The molecule has 1 aromatic carbocycles. The second-order valence-electron chi connectivity index (χ2n) is 3.97. The lowest BCUT2D eigenvalue weighted by atomic mass is 10.1. The fraction of sp³-hybridized carbons (Fsp3) is 0.154. The fourth-order valence-electron chi connectivity index (χ4n) is 1.66. The molecule has 0 radical (unpaired) electrons. The van der Waals surface area contributed by atoms with Crippen LogP contribution in [0.2, 0.25) is 0 Å². The normalized spacial score (nSPS) is 12.4. The molecule has 1 heterocycles. The summed E-state index contributed by atoms with van der Waals surface area (Å²) >= 11 is 0. The van der Waals surface area contributed by atoms with E-state index in [-0.39, 0.29) is 23.8 Å². The molecule has 7 nitrogen and oxygen atoms in total. The number of carbonyl (C=O) groups excluding carboxylic acids is 2. The van der Waals surface area contributed by atoms with Crippen molar-refractivity contribution in [1.29, 1.82) is 0 Å². The minimum Gasteiger partial charge on any atom is -0.478 e. The predicted octanol–water partition coefficient (Wildman–Crippen LogP) is 1.20. The van der Waals surface area contributed by atoms with E-state index in [0.717, 1.165) is 6.08 Å². The first-order chi connectivity index (χ1) is 9.47. The van der Waals surface area contributed by atoms with Gasteiger partial charge in [-0.25, -0.2) is 4.79 Å². The van der Waals surface area contributed by atoms with Crippen LogP contribution in [-0.2, 0) is 9.59 Å². The molecule has 20 heavy (non-hydrogen) atoms. The molecule has 2 N–H and O–H groups in total. The number of benzene rings is 1. The van der Waals surface area contributed by atoms with E-state index in [4.69, 9.17) is 14.6 Å². The van der Waals surface area contributed by atoms with E-state index in [1.165, 1.54) is 19.1 Å². The second kappa shape index (κ2) is 5.43. The van der Waals surface area contributed by atoms with Crippen LogP contribution in [0.1, 0.15) is 17.3 Å². The molecule has 2 rings (SSSR count). The van der Waals surface area contributed by atoms with Gasteiger partial charge in [0.25, 0.3) is 0 Å². The standard InChI is InChI=1S/C13H11NO6/c1-7(15)8-4-10-11(20-6-19-10)5-9(8)14-12(16)2-3-13(17)18/h2-5H,6H2,1H3,(H,14,16)(H,17,18)/b3-2+. The van der Waals surface area contributed by atoms with Crippen LogP contribution >= 0.6 is 0 Å². The van der Waals surface area contributed by atoms with Crippen LogP contribution in [0, 0.1) is 0 Å². The number of rotatable bonds is 4. The molecule has 0 fully saturated rings. The zero-order valence-electron chi connectivity index (χ0n) is 10.5. The van der Waals surface area contributed by atoms with Gasteiger partial charge in [0.2, 0.25) is 12.7 Å². The zero-order chi connectivity index (χ0) is 14.7. The van der Waals surface area contributed by atoms with Crippen molar-refractivity contribution in [3.63, 3.8) is 0 Å². The largest absolute Gasteiger partial charge is 0.478 e. The number of carbonyl (C=O) groups is 3. The molecule has 1 aliphatic rings. The Kier molecular flexibility index (Phi) is 3.69. The van der Waals surface area contributed by atoms with Gasteiger partial charge in [-0.15, -0.1) is 0 Å². The number of hydrogen-bond donors (Lipinski definition) is 2. The van der Waals surface area contributed by atoms with Crippen LogP contribution in [0.15, 0.2) is 24.3 Å². The molecular weight excluding hydrogens is 266 g/mol. The SMILES string of the molecule is CC(=O)c1cc2c(cc1NC(=O)/C=C/C(=O)O)OCO2. The van der Waals surface area contributed by atoms with E-state index in [1.54, 1.807) is 0 Å². The Hall–Kier alpha value is -2.83. The van der Waals surface area contributed by atoms with Crippen molar-refractivity contribution >= 4 is 23.3 Å². The highest BCUT2D eigenvalue weighted by molar-refractivity contribution is 6.08. The summed E-state index contributed by atoms with van der Waals surface area (Å²) in [5, 5.41) is 10.9. The van der Waals surface area contributed by atoms with Crippen molar-refractivity contribution < 1.29 is 29.0 Å². The molecule has 1 amide bonds. The van der Waals surface area contributed by atoms with E-state index in [9.17, 15) is 14.4 Å². The molecule has 1 aromatic rings. The van der Waals surface area contributed by atoms with Crippen LogP contribution in [0.3, 0.4) is 0 Å². The number of anilines is 1. The average Bonchev–Trinajstić information content (AvgIpc) is 2.82. The summed E-state index contributed by atoms with van der Waals surface area (Å²) in [6.45, 7) is 1.39. The zero-order valence-corrected chi connectivity index (χ0v) is 10.5. The maximum Gasteiger partial charge on any atom is 0.328 e. The molecule has 0 saturated heterocycles. The van der Waals surface area contributed by atoms with Crippen molar-refractivity contribution in [2.24, 2.45) is 0 Å². The van der Waals surface area contributed by atoms with Crippen LogP contribution in [0.4, 0.5) is 5.69 Å². The fourth-order valence-corrected chi connectivity index (χ4v) is 1.66. The van der Waals surface area contributed by atoms with E-state index in [1.807, 2.05) is 0 Å². The number of hydrogen-bond acceptors (Lipinski definition) is 5. The summed E-state index contributed by atoms with van der Waals surface area (Å²) in [6.07, 6.45) is 1.56. The molecule has 1 aliphatic heterocycles. The van der Waals surface area contributed by atoms with Crippen LogP contribution in [0.25, 0.3) is 0 Å². The topological polar surface area (TPSA) is 102 Å². The highest BCUT2D eigenvalue weighted by atomic mass is 16.7. The van der Waals surface area contributed by atoms with Crippen molar-refractivity contribution in [2.45, 2.75) is 6.92 Å². The molecular formula is C13H11NO6. The van der Waals surface area contributed by atoms with E-state index >= 15 is 0 Å². The average molecular weight is 277 g/mol. The third-order valence-electron chi connectivity index (χ3n) is 2.53. The Morgan fingerprint density at radius 1 is 1.20 bits per heavy atom. The highest BCUT2D eigenvalue weighted by Gasteiger charge is 2.19. The van der Waals surface area contributed by atoms with Crippen LogP contribution < -0.4 is 14.8 Å². The van der Waals surface area contributed by atoms with Gasteiger partial charge in [-0.1, -0.05) is 0 Å². The molecule has 0 aromatic heterocycles. The Bertz CT molecular complexity index is 620. The molecule has 7 heteroatoms. The lowest BCUT2D eigenvalue weighted by molar-refractivity contribution is -0.131. The van der Waals surface area contributed by atoms with E-state index < -0.39 is 11.9 Å². The van der Waals surface area contributed by atoms with Crippen molar-refractivity contribution in [2.75, 3.05) is 12.1 Å². The highest BCUT2D eigenvalue weighted by Crippen LogP contribution is 2.37. The maximum atomic E-state index is 11.6. The number of amides is 1. The molecule has 0 atom stereocenters. The quantitative estimate of drug-likeness (QED) is 0.633. The summed E-state index contributed by atoms with van der Waals surface area (Å²) in [5.74, 6) is -1.33. The number of carboxylic acid groups (broad SMARTS) is 1. The first-order valence-corrected chi connectivity index (χ1v) is 5.64. The van der Waals surface area contributed by atoms with Gasteiger partial charge in [0, 0.05) is 23.8 Å². The van der Waals surface area contributed by atoms with Crippen molar-refractivity contribution in [1.82, 2.24) is 0 Å². The molecule has 0 aliphatic carbocycles. The lowest BCUT2D eigenvalue weighted by Crippen LogP contribution is -2.12. The van der Waals surface area contributed by atoms with Gasteiger partial charge in [-0.3, -0.25) is 9.59 Å². The van der Waals surface area contributed by atoms with Gasteiger partial charge in [0.1, 0.15) is 0 Å². The first kappa shape index (κ1) is 13.6. The number of ketones is 1. The van der Waals surface area contributed by atoms with Gasteiger partial charge >= 0.3 is 5.97 Å². The summed E-state index contributed by atoms with van der Waals surface area (Å²) in [7, 11) is 0. The van der Waals surface area contributed by atoms with Gasteiger partial charge in [-0.05, 0) is 13.0 Å². The number of fused-ring (bicyclic) bond motifs is 1. The van der Waals surface area contributed by atoms with Gasteiger partial charge in [0.05, 0.1) is 5.69 Å². The van der Waals surface area contributed by atoms with Gasteiger partial charge < -0.3 is 19.9 Å². The van der Waals surface area contributed by atoms with E-state index in [2.05, 4.69) is 5.32 Å². The summed E-state index contributed by atoms with van der Waals surface area (Å²) in [6, 6.07) is 2.94. The summed E-state index contributed by atoms with van der Waals surface area (Å²) in [5.41, 5.74) is 0.494. The van der Waals surface area contributed by atoms with E-state index in [0.29, 0.717) is 17.6 Å². The Balaban J connectivity index is 2.28. The number of Topliss-reactive ketones (excluding diaryl/α,β-unsaturated/α-hetero) is 1. The Morgan fingerprint density at radius 3 is 2.45 bits per heavy atom. The minimum atomic E-state index is -1.24. The molecule has 0 bridgehead atoms. The molecule has 0 unspecified atom stereocenters. The van der Waals surface area contributed by atoms with Gasteiger partial charge in [0.15, 0.2) is 17.3 Å². The first-order valence-electron chi connectivity index (χ1n) is 5.64. The van der Waals surface area contributed by atoms with Crippen LogP contribution in [-0.4, -0.2) is 29.6 Å². The Labute approximate surface area is 113 Å². The monoisotopic (exact) mass is 277 g/mol. The second-order valence-corrected chi connectivity index (χ2v) is 3.97. The molecule has 0 saturated carbocycles.